The maximum absolute atomic E-state index is 11.5. The van der Waals surface area contributed by atoms with Crippen molar-refractivity contribution in [1.29, 1.82) is 0 Å². The van der Waals surface area contributed by atoms with E-state index in [4.69, 9.17) is 5.11 Å². The van der Waals surface area contributed by atoms with Gasteiger partial charge in [-0.3, -0.25) is 4.79 Å². The zero-order chi connectivity index (χ0) is 15.4. The molecule has 0 saturated heterocycles. The van der Waals surface area contributed by atoms with E-state index in [2.05, 4.69) is 32.5 Å². The summed E-state index contributed by atoms with van der Waals surface area (Å²) in [5, 5.41) is 22.7. The molecule has 8 nitrogen and oxygen atoms in total. The van der Waals surface area contributed by atoms with Crippen LogP contribution in [0.25, 0.3) is 5.65 Å². The Bertz CT molecular complexity index is 754. The Morgan fingerprint density at radius 2 is 2.14 bits per heavy atom. The van der Waals surface area contributed by atoms with Crippen LogP contribution in [0.1, 0.15) is 25.4 Å². The summed E-state index contributed by atoms with van der Waals surface area (Å²) < 4.78 is 1.39. The molecule has 2 N–H and O–H groups in total. The molecule has 0 atom stereocenters. The summed E-state index contributed by atoms with van der Waals surface area (Å²) in [4.78, 5) is 22.0. The summed E-state index contributed by atoms with van der Waals surface area (Å²) in [6, 6.07) is 3.27. The monoisotopic (exact) mass is 287 g/mol. The van der Waals surface area contributed by atoms with Crippen molar-refractivity contribution in [1.82, 2.24) is 25.1 Å². The number of amides is 1. The summed E-state index contributed by atoms with van der Waals surface area (Å²) in [5.41, 5.74) is 0.853. The fourth-order valence-electron chi connectivity index (χ4n) is 1.43. The molecule has 0 aliphatic heterocycles. The molecule has 2 aromatic heterocycles. The molecule has 2 rings (SSSR count). The Morgan fingerprint density at radius 3 is 2.81 bits per heavy atom. The van der Waals surface area contributed by atoms with Gasteiger partial charge in [-0.15, -0.1) is 10.2 Å². The van der Waals surface area contributed by atoms with E-state index in [1.807, 2.05) is 0 Å². The molecule has 21 heavy (non-hydrogen) atoms. The van der Waals surface area contributed by atoms with Crippen molar-refractivity contribution in [3.63, 3.8) is 0 Å². The van der Waals surface area contributed by atoms with Gasteiger partial charge in [0, 0.05) is 5.92 Å². The van der Waals surface area contributed by atoms with Crippen LogP contribution in [-0.2, 0) is 11.3 Å². The molecule has 0 spiro atoms. The Balaban J connectivity index is 2.29. The number of Topliss-reactive ketones (excluding diaryl/α,β-unsaturated/α-hetero) is 1. The fourth-order valence-corrected chi connectivity index (χ4v) is 1.43. The largest absolute Gasteiger partial charge is 0.465 e. The highest BCUT2D eigenvalue weighted by Gasteiger charge is 2.08. The van der Waals surface area contributed by atoms with Gasteiger partial charge in [0.1, 0.15) is 5.69 Å². The summed E-state index contributed by atoms with van der Waals surface area (Å²) in [7, 11) is 0. The van der Waals surface area contributed by atoms with Crippen molar-refractivity contribution >= 4 is 17.5 Å². The topological polar surface area (TPSA) is 109 Å². The number of carbonyl (C=O) groups excluding carboxylic acids is 1. The first-order valence-electron chi connectivity index (χ1n) is 6.21. The van der Waals surface area contributed by atoms with Crippen molar-refractivity contribution in [3.05, 3.63) is 23.7 Å². The minimum absolute atomic E-state index is 0.0225. The van der Waals surface area contributed by atoms with Crippen molar-refractivity contribution in [2.75, 3.05) is 0 Å². The predicted octanol–water partition coefficient (Wildman–Crippen LogP) is 0.468. The summed E-state index contributed by atoms with van der Waals surface area (Å²) in [6.07, 6.45) is -1.16. The average Bonchev–Trinajstić information content (AvgIpc) is 2.84. The Morgan fingerprint density at radius 1 is 1.38 bits per heavy atom. The molecule has 0 unspecified atom stereocenters. The molecule has 0 aromatic carbocycles. The second-order valence-electron chi connectivity index (χ2n) is 4.53. The normalized spacial score (nSPS) is 10.2. The Hall–Kier alpha value is -2.95. The molecule has 2 heterocycles. The lowest BCUT2D eigenvalue weighted by Crippen LogP contribution is -2.21. The van der Waals surface area contributed by atoms with E-state index in [1.165, 1.54) is 4.52 Å². The van der Waals surface area contributed by atoms with Gasteiger partial charge in [0.05, 0.1) is 6.54 Å². The highest BCUT2D eigenvalue weighted by atomic mass is 16.4. The molecule has 0 radical (unpaired) electrons. The highest BCUT2D eigenvalue weighted by Crippen LogP contribution is 2.03. The number of aromatic nitrogens is 4. The standard InChI is InChI=1S/C13H13N5O3/c1-8(2)10(19)5-3-9-4-6-11-15-16-12(18(11)17-9)7-14-13(20)21/h4,6,8,14H,7H2,1-2H3,(H,20,21). The van der Waals surface area contributed by atoms with E-state index in [0.717, 1.165) is 0 Å². The maximum Gasteiger partial charge on any atom is 0.405 e. The van der Waals surface area contributed by atoms with Crippen molar-refractivity contribution in [2.45, 2.75) is 20.4 Å². The van der Waals surface area contributed by atoms with Gasteiger partial charge in [-0.1, -0.05) is 13.8 Å². The molecule has 0 aliphatic rings. The van der Waals surface area contributed by atoms with Crippen molar-refractivity contribution in [3.8, 4) is 11.8 Å². The van der Waals surface area contributed by atoms with Crippen LogP contribution in [0.4, 0.5) is 4.79 Å². The number of ketones is 1. The fraction of sp³-hybridized carbons (Fsp3) is 0.308. The van der Waals surface area contributed by atoms with Crippen LogP contribution in [-0.4, -0.2) is 36.8 Å². The van der Waals surface area contributed by atoms with Gasteiger partial charge in [-0.05, 0) is 24.0 Å². The molecule has 0 fully saturated rings. The van der Waals surface area contributed by atoms with Crippen LogP contribution < -0.4 is 5.32 Å². The lowest BCUT2D eigenvalue weighted by molar-refractivity contribution is -0.116. The summed E-state index contributed by atoms with van der Waals surface area (Å²) in [6.45, 7) is 3.51. The van der Waals surface area contributed by atoms with Crippen LogP contribution in [0.2, 0.25) is 0 Å². The lowest BCUT2D eigenvalue weighted by Gasteiger charge is -1.99. The van der Waals surface area contributed by atoms with Gasteiger partial charge in [0.15, 0.2) is 11.5 Å². The maximum atomic E-state index is 11.5. The molecule has 8 heteroatoms. The van der Waals surface area contributed by atoms with E-state index in [1.54, 1.807) is 26.0 Å². The third-order valence-electron chi connectivity index (χ3n) is 2.56. The van der Waals surface area contributed by atoms with Crippen LogP contribution in [0.3, 0.4) is 0 Å². The summed E-state index contributed by atoms with van der Waals surface area (Å²) in [5.74, 6) is 5.19. The van der Waals surface area contributed by atoms with Gasteiger partial charge >= 0.3 is 6.09 Å². The average molecular weight is 287 g/mol. The first-order valence-corrected chi connectivity index (χ1v) is 6.21. The molecule has 1 amide bonds. The Labute approximate surface area is 120 Å². The number of nitrogens with one attached hydrogen (secondary N) is 1. The number of hydrogen-bond acceptors (Lipinski definition) is 5. The van der Waals surface area contributed by atoms with Crippen LogP contribution in [0.15, 0.2) is 12.1 Å². The number of fused-ring (bicyclic) bond motifs is 1. The first kappa shape index (κ1) is 14.5. The number of carboxylic acid groups (broad SMARTS) is 1. The molecular weight excluding hydrogens is 274 g/mol. The minimum Gasteiger partial charge on any atom is -0.465 e. The van der Waals surface area contributed by atoms with Crippen molar-refractivity contribution in [2.24, 2.45) is 5.92 Å². The molecule has 108 valence electrons. The van der Waals surface area contributed by atoms with Gasteiger partial charge < -0.3 is 10.4 Å². The molecule has 2 aromatic rings. The second kappa shape index (κ2) is 6.00. The molecule has 0 aliphatic carbocycles. The van der Waals surface area contributed by atoms with Gasteiger partial charge in [-0.2, -0.15) is 9.61 Å². The van der Waals surface area contributed by atoms with E-state index < -0.39 is 6.09 Å². The quantitative estimate of drug-likeness (QED) is 0.794. The number of rotatable bonds is 3. The van der Waals surface area contributed by atoms with Crippen molar-refractivity contribution < 1.29 is 14.7 Å². The van der Waals surface area contributed by atoms with Gasteiger partial charge in [-0.25, -0.2) is 4.79 Å². The number of hydrogen-bond donors (Lipinski definition) is 2. The molecular formula is C13H13N5O3. The lowest BCUT2D eigenvalue weighted by atomic mass is 10.1. The Kier molecular flexibility index (Phi) is 4.13. The van der Waals surface area contributed by atoms with E-state index in [9.17, 15) is 9.59 Å². The zero-order valence-electron chi connectivity index (χ0n) is 11.5. The smallest absolute Gasteiger partial charge is 0.405 e. The van der Waals surface area contributed by atoms with E-state index in [-0.39, 0.29) is 18.2 Å². The van der Waals surface area contributed by atoms with Crippen LogP contribution >= 0.6 is 0 Å². The van der Waals surface area contributed by atoms with Crippen LogP contribution in [0.5, 0.6) is 0 Å². The molecule has 0 saturated carbocycles. The SMILES string of the molecule is CC(C)C(=O)C#Cc1ccc2nnc(CNC(=O)O)n2n1. The van der Waals surface area contributed by atoms with Gasteiger partial charge in [0.2, 0.25) is 5.78 Å². The second-order valence-corrected chi connectivity index (χ2v) is 4.53. The van der Waals surface area contributed by atoms with E-state index >= 15 is 0 Å². The van der Waals surface area contributed by atoms with Gasteiger partial charge in [0.25, 0.3) is 0 Å². The minimum atomic E-state index is -1.16. The highest BCUT2D eigenvalue weighted by molar-refractivity contribution is 5.97. The number of nitrogens with zero attached hydrogens (tertiary/aromatic N) is 4. The summed E-state index contributed by atoms with van der Waals surface area (Å²) >= 11 is 0. The van der Waals surface area contributed by atoms with Crippen LogP contribution in [0, 0.1) is 17.8 Å². The predicted molar refractivity (Wildman–Crippen MR) is 72.4 cm³/mol. The zero-order valence-corrected chi connectivity index (χ0v) is 11.5. The third kappa shape index (κ3) is 3.54. The first-order chi connectivity index (χ1) is 9.97. The van der Waals surface area contributed by atoms with E-state index in [0.29, 0.717) is 17.2 Å². The molecule has 0 bridgehead atoms. The third-order valence-corrected chi connectivity index (χ3v) is 2.56. The number of carbonyl (C=O) groups is 2.